The number of allylic oxidation sites excluding steroid dienone is 8. The van der Waals surface area contributed by atoms with Gasteiger partial charge in [-0.25, -0.2) is 0 Å². The maximum absolute atomic E-state index is 2.16. The lowest BCUT2D eigenvalue weighted by Gasteiger charge is -1.97. The maximum Gasteiger partial charge on any atom is -0.0395 e. The van der Waals surface area contributed by atoms with E-state index in [1.807, 2.05) is 13.0 Å². The molecule has 72 valence electrons. The van der Waals surface area contributed by atoms with Crippen LogP contribution in [0.25, 0.3) is 0 Å². The molecule has 0 heterocycles. The Morgan fingerprint density at radius 3 is 1.77 bits per heavy atom. The third-order valence-electron chi connectivity index (χ3n) is 1.83. The van der Waals surface area contributed by atoms with E-state index in [0.717, 1.165) is 0 Å². The molecule has 0 aliphatic rings. The zero-order valence-electron chi connectivity index (χ0n) is 9.39. The van der Waals surface area contributed by atoms with Crippen LogP contribution in [0.4, 0.5) is 0 Å². The molecule has 0 aliphatic heterocycles. The second-order valence-corrected chi connectivity index (χ2v) is 3.47. The van der Waals surface area contributed by atoms with Crippen LogP contribution in [0, 0.1) is 0 Å². The minimum atomic E-state index is 1.32. The maximum atomic E-state index is 2.16. The summed E-state index contributed by atoms with van der Waals surface area (Å²) in [7, 11) is 0. The SMILES string of the molecule is CC=CC=C(C)C(C)=CC=C(C)C. The van der Waals surface area contributed by atoms with Crippen molar-refractivity contribution in [2.45, 2.75) is 34.6 Å². The predicted molar refractivity (Wildman–Crippen MR) is 61.8 cm³/mol. The lowest BCUT2D eigenvalue weighted by molar-refractivity contribution is 1.33. The summed E-state index contributed by atoms with van der Waals surface area (Å²) in [6.45, 7) is 10.5. The van der Waals surface area contributed by atoms with Gasteiger partial charge in [0.25, 0.3) is 0 Å². The Bertz CT molecular complexity index is 256. The Hall–Kier alpha value is -1.04. The van der Waals surface area contributed by atoms with Crippen molar-refractivity contribution in [3.05, 3.63) is 47.1 Å². The van der Waals surface area contributed by atoms with Crippen molar-refractivity contribution in [3.8, 4) is 0 Å². The monoisotopic (exact) mass is 176 g/mol. The molecule has 0 fully saturated rings. The Labute approximate surface area is 82.4 Å². The van der Waals surface area contributed by atoms with Crippen molar-refractivity contribution in [1.29, 1.82) is 0 Å². The lowest BCUT2D eigenvalue weighted by Crippen LogP contribution is -1.77. The van der Waals surface area contributed by atoms with Crippen molar-refractivity contribution in [3.63, 3.8) is 0 Å². The highest BCUT2D eigenvalue weighted by atomic mass is 13.9. The first-order valence-electron chi connectivity index (χ1n) is 4.69. The van der Waals surface area contributed by atoms with Crippen LogP contribution in [0.3, 0.4) is 0 Å². The average Bonchev–Trinajstić information content (AvgIpc) is 2.10. The smallest absolute Gasteiger partial charge is 0.0395 e. The van der Waals surface area contributed by atoms with Gasteiger partial charge in [-0.2, -0.15) is 0 Å². The van der Waals surface area contributed by atoms with Crippen LogP contribution < -0.4 is 0 Å². The summed E-state index contributed by atoms with van der Waals surface area (Å²) in [5, 5.41) is 0. The fourth-order valence-corrected chi connectivity index (χ4v) is 0.795. The van der Waals surface area contributed by atoms with E-state index in [9.17, 15) is 0 Å². The molecule has 13 heavy (non-hydrogen) atoms. The van der Waals surface area contributed by atoms with Crippen LogP contribution in [-0.4, -0.2) is 0 Å². The van der Waals surface area contributed by atoms with Crippen LogP contribution in [0.5, 0.6) is 0 Å². The highest BCUT2D eigenvalue weighted by Gasteiger charge is 1.88. The van der Waals surface area contributed by atoms with E-state index in [2.05, 4.69) is 52.0 Å². The fraction of sp³-hybridized carbons (Fsp3) is 0.385. The van der Waals surface area contributed by atoms with Gasteiger partial charge in [0, 0.05) is 0 Å². The summed E-state index contributed by atoms with van der Waals surface area (Å²) >= 11 is 0. The summed E-state index contributed by atoms with van der Waals surface area (Å²) < 4.78 is 0. The summed E-state index contributed by atoms with van der Waals surface area (Å²) in [4.78, 5) is 0. The van der Waals surface area contributed by atoms with Crippen LogP contribution >= 0.6 is 0 Å². The first-order valence-corrected chi connectivity index (χ1v) is 4.69. The Morgan fingerprint density at radius 2 is 1.31 bits per heavy atom. The number of rotatable bonds is 3. The highest BCUT2D eigenvalue weighted by Crippen LogP contribution is 2.08. The molecule has 0 aliphatic carbocycles. The second kappa shape index (κ2) is 6.47. The van der Waals surface area contributed by atoms with Gasteiger partial charge in [0.1, 0.15) is 0 Å². The zero-order chi connectivity index (χ0) is 10.3. The highest BCUT2D eigenvalue weighted by molar-refractivity contribution is 5.33. The Balaban J connectivity index is 4.50. The van der Waals surface area contributed by atoms with Gasteiger partial charge in [-0.3, -0.25) is 0 Å². The second-order valence-electron chi connectivity index (χ2n) is 3.47. The molecule has 0 spiro atoms. The summed E-state index contributed by atoms with van der Waals surface area (Å²) in [5.41, 5.74) is 3.97. The van der Waals surface area contributed by atoms with Gasteiger partial charge in [-0.05, 0) is 45.8 Å². The molecular weight excluding hydrogens is 156 g/mol. The molecule has 0 bridgehead atoms. The van der Waals surface area contributed by atoms with E-state index in [4.69, 9.17) is 0 Å². The minimum Gasteiger partial charge on any atom is -0.0877 e. The number of hydrogen-bond donors (Lipinski definition) is 0. The zero-order valence-corrected chi connectivity index (χ0v) is 9.39. The van der Waals surface area contributed by atoms with E-state index in [1.54, 1.807) is 0 Å². The van der Waals surface area contributed by atoms with Crippen molar-refractivity contribution >= 4 is 0 Å². The molecule has 0 amide bonds. The van der Waals surface area contributed by atoms with Gasteiger partial charge in [0.2, 0.25) is 0 Å². The largest absolute Gasteiger partial charge is 0.0877 e. The summed E-state index contributed by atoms with van der Waals surface area (Å²) in [6, 6.07) is 0. The van der Waals surface area contributed by atoms with Gasteiger partial charge in [-0.15, -0.1) is 0 Å². The van der Waals surface area contributed by atoms with E-state index in [-0.39, 0.29) is 0 Å². The first-order chi connectivity index (χ1) is 6.07. The fourth-order valence-electron chi connectivity index (χ4n) is 0.795. The van der Waals surface area contributed by atoms with E-state index in [1.165, 1.54) is 16.7 Å². The minimum absolute atomic E-state index is 1.32. The average molecular weight is 176 g/mol. The Morgan fingerprint density at radius 1 is 0.769 bits per heavy atom. The molecule has 0 aromatic carbocycles. The molecule has 0 unspecified atom stereocenters. The van der Waals surface area contributed by atoms with Gasteiger partial charge < -0.3 is 0 Å². The molecule has 0 atom stereocenters. The Kier molecular flexibility index (Phi) is 5.96. The molecule has 0 N–H and O–H groups in total. The summed E-state index contributed by atoms with van der Waals surface area (Å²) in [5.74, 6) is 0. The van der Waals surface area contributed by atoms with E-state index < -0.39 is 0 Å². The normalized spacial score (nSPS) is 13.6. The molecule has 0 rings (SSSR count). The molecule has 0 saturated heterocycles. The van der Waals surface area contributed by atoms with Crippen LogP contribution in [0.2, 0.25) is 0 Å². The molecule has 0 saturated carbocycles. The third kappa shape index (κ3) is 6.15. The topological polar surface area (TPSA) is 0 Å². The van der Waals surface area contributed by atoms with Crippen molar-refractivity contribution in [2.75, 3.05) is 0 Å². The van der Waals surface area contributed by atoms with Gasteiger partial charge in [0.05, 0.1) is 0 Å². The molecule has 0 radical (unpaired) electrons. The van der Waals surface area contributed by atoms with Gasteiger partial charge >= 0.3 is 0 Å². The standard InChI is InChI=1S/C13H20/c1-6-7-8-12(4)13(5)10-9-11(2)3/h6-10H,1-5H3. The molecular formula is C13H20. The third-order valence-corrected chi connectivity index (χ3v) is 1.83. The quantitative estimate of drug-likeness (QED) is 0.558. The van der Waals surface area contributed by atoms with Crippen LogP contribution in [0.15, 0.2) is 47.1 Å². The van der Waals surface area contributed by atoms with Crippen molar-refractivity contribution < 1.29 is 0 Å². The molecule has 0 aromatic heterocycles. The van der Waals surface area contributed by atoms with E-state index >= 15 is 0 Å². The predicted octanol–water partition coefficient (Wildman–Crippen LogP) is 4.42. The lowest BCUT2D eigenvalue weighted by atomic mass is 10.1. The van der Waals surface area contributed by atoms with E-state index in [0.29, 0.717) is 0 Å². The van der Waals surface area contributed by atoms with Crippen molar-refractivity contribution in [1.82, 2.24) is 0 Å². The first kappa shape index (κ1) is 12.0. The van der Waals surface area contributed by atoms with Crippen LogP contribution in [0.1, 0.15) is 34.6 Å². The molecule has 0 nitrogen and oxygen atoms in total. The van der Waals surface area contributed by atoms with Crippen molar-refractivity contribution in [2.24, 2.45) is 0 Å². The van der Waals surface area contributed by atoms with Gasteiger partial charge in [0.15, 0.2) is 0 Å². The molecule has 0 heteroatoms. The van der Waals surface area contributed by atoms with Gasteiger partial charge in [-0.1, -0.05) is 36.0 Å². The summed E-state index contributed by atoms with van der Waals surface area (Å²) in [6.07, 6.45) is 10.5. The molecule has 0 aromatic rings. The number of hydrogen-bond acceptors (Lipinski definition) is 0. The van der Waals surface area contributed by atoms with Crippen LogP contribution in [-0.2, 0) is 0 Å².